The van der Waals surface area contributed by atoms with Gasteiger partial charge >= 0.3 is 5.97 Å². The van der Waals surface area contributed by atoms with Crippen LogP contribution in [0.3, 0.4) is 0 Å². The van der Waals surface area contributed by atoms with Crippen LogP contribution in [0.5, 0.6) is 5.75 Å². The molecule has 5 nitrogen and oxygen atoms in total. The lowest BCUT2D eigenvalue weighted by Crippen LogP contribution is -2.12. The zero-order chi connectivity index (χ0) is 16.4. The number of hydrogen-bond donors (Lipinski definition) is 2. The first kappa shape index (κ1) is 17.5. The largest absolute Gasteiger partial charge is 0.496 e. The van der Waals surface area contributed by atoms with E-state index in [1.165, 1.54) is 18.5 Å². The number of nitrogens with zero attached hydrogens (tertiary/aromatic N) is 1. The van der Waals surface area contributed by atoms with Gasteiger partial charge in [0.25, 0.3) is 0 Å². The van der Waals surface area contributed by atoms with Gasteiger partial charge in [0.1, 0.15) is 5.75 Å². The molecule has 0 unspecified atom stereocenters. The number of nitrogens with one attached hydrogen (secondary N) is 1. The molecule has 0 saturated carbocycles. The van der Waals surface area contributed by atoms with E-state index < -0.39 is 5.97 Å². The van der Waals surface area contributed by atoms with Gasteiger partial charge in [0.2, 0.25) is 0 Å². The number of aliphatic carboxylic acids is 1. The van der Waals surface area contributed by atoms with E-state index in [1.54, 1.807) is 31.4 Å². The van der Waals surface area contributed by atoms with Crippen molar-refractivity contribution in [1.82, 2.24) is 5.32 Å². The predicted octanol–water partition coefficient (Wildman–Crippen LogP) is 3.18. The summed E-state index contributed by atoms with van der Waals surface area (Å²) >= 11 is 5.97. The second-order valence-electron chi connectivity index (χ2n) is 4.08. The Bertz CT molecular complexity index is 622. The molecule has 0 radical (unpaired) electrons. The van der Waals surface area contributed by atoms with Crippen molar-refractivity contribution in [1.29, 1.82) is 0 Å². The Hall–Kier alpha value is -2.53. The fraction of sp³-hybridized carbons (Fsp3) is 0.125. The molecule has 6 heteroatoms. The standard InChI is InChI=1S/C16H17ClN2O3/c1-3-18-9-8-14(5-7-16(20)21)19-11-12-10-13(17)4-6-15(12)22-2/h3-10,19H,1,11H2,2H3,(H,20,21)/b7-5+,14-8+,18-9+. The number of allylic oxidation sites excluding steroid dienone is 2. The molecule has 0 saturated heterocycles. The molecule has 0 aliphatic rings. The molecule has 2 N–H and O–H groups in total. The summed E-state index contributed by atoms with van der Waals surface area (Å²) in [5.74, 6) is -0.341. The van der Waals surface area contributed by atoms with E-state index in [2.05, 4.69) is 16.9 Å². The highest BCUT2D eigenvalue weighted by Gasteiger charge is 2.04. The summed E-state index contributed by atoms with van der Waals surface area (Å²) < 4.78 is 5.26. The van der Waals surface area contributed by atoms with Crippen molar-refractivity contribution in [3.63, 3.8) is 0 Å². The van der Waals surface area contributed by atoms with Crippen LogP contribution in [0.15, 0.2) is 59.9 Å². The number of rotatable bonds is 8. The molecule has 0 heterocycles. The number of carboxylic acid groups (broad SMARTS) is 1. The molecule has 0 spiro atoms. The first-order valence-corrected chi connectivity index (χ1v) is 6.76. The number of carboxylic acids is 1. The van der Waals surface area contributed by atoms with Crippen LogP contribution in [0.2, 0.25) is 5.02 Å². The molecule has 1 rings (SSSR count). The number of aliphatic imine (C=N–C) groups is 1. The maximum atomic E-state index is 10.6. The highest BCUT2D eigenvalue weighted by molar-refractivity contribution is 6.30. The van der Waals surface area contributed by atoms with E-state index in [-0.39, 0.29) is 0 Å². The van der Waals surface area contributed by atoms with E-state index in [4.69, 9.17) is 21.4 Å². The molecule has 0 bridgehead atoms. The normalized spacial score (nSPS) is 11.8. The van der Waals surface area contributed by atoms with Crippen molar-refractivity contribution in [2.75, 3.05) is 7.11 Å². The summed E-state index contributed by atoms with van der Waals surface area (Å²) in [6, 6.07) is 5.29. The van der Waals surface area contributed by atoms with Crippen molar-refractivity contribution >= 4 is 23.8 Å². The summed E-state index contributed by atoms with van der Waals surface area (Å²) in [4.78, 5) is 14.5. The summed E-state index contributed by atoms with van der Waals surface area (Å²) in [5.41, 5.74) is 1.43. The topological polar surface area (TPSA) is 70.9 Å². The summed E-state index contributed by atoms with van der Waals surface area (Å²) in [7, 11) is 1.57. The Morgan fingerprint density at radius 1 is 1.50 bits per heavy atom. The van der Waals surface area contributed by atoms with Crippen molar-refractivity contribution in [2.45, 2.75) is 6.54 Å². The van der Waals surface area contributed by atoms with Crippen LogP contribution in [0.1, 0.15) is 5.56 Å². The Balaban J connectivity index is 2.88. The number of halogens is 1. The molecule has 0 fully saturated rings. The van der Waals surface area contributed by atoms with Gasteiger partial charge in [0.05, 0.1) is 7.11 Å². The fourth-order valence-corrected chi connectivity index (χ4v) is 1.80. The van der Waals surface area contributed by atoms with Crippen LogP contribution < -0.4 is 10.1 Å². The number of carbonyl (C=O) groups is 1. The molecule has 0 aliphatic heterocycles. The van der Waals surface area contributed by atoms with Gasteiger partial charge in [-0.15, -0.1) is 0 Å². The van der Waals surface area contributed by atoms with Gasteiger partial charge in [-0.3, -0.25) is 4.99 Å². The zero-order valence-corrected chi connectivity index (χ0v) is 12.9. The monoisotopic (exact) mass is 320 g/mol. The quantitative estimate of drug-likeness (QED) is 0.438. The molecule has 0 aromatic heterocycles. The van der Waals surface area contributed by atoms with Crippen LogP contribution in [0.4, 0.5) is 0 Å². The van der Waals surface area contributed by atoms with Gasteiger partial charge in [-0.2, -0.15) is 0 Å². The molecule has 116 valence electrons. The first-order chi connectivity index (χ1) is 10.6. The summed E-state index contributed by atoms with van der Waals surface area (Å²) in [6.45, 7) is 3.88. The van der Waals surface area contributed by atoms with Gasteiger partial charge in [-0.25, -0.2) is 4.79 Å². The van der Waals surface area contributed by atoms with Gasteiger partial charge in [0, 0.05) is 41.3 Å². The van der Waals surface area contributed by atoms with Crippen molar-refractivity contribution in [3.8, 4) is 5.75 Å². The Morgan fingerprint density at radius 2 is 2.27 bits per heavy atom. The minimum atomic E-state index is -1.03. The average Bonchev–Trinajstić information content (AvgIpc) is 2.49. The van der Waals surface area contributed by atoms with Gasteiger partial charge in [-0.05, 0) is 30.4 Å². The van der Waals surface area contributed by atoms with Crippen LogP contribution in [0.25, 0.3) is 0 Å². The second-order valence-corrected chi connectivity index (χ2v) is 4.52. The number of methoxy groups -OCH3 is 1. The van der Waals surface area contributed by atoms with Crippen molar-refractivity contribution < 1.29 is 14.6 Å². The van der Waals surface area contributed by atoms with Crippen molar-refractivity contribution in [3.05, 3.63) is 65.5 Å². The maximum absolute atomic E-state index is 10.6. The minimum absolute atomic E-state index is 0.418. The van der Waals surface area contributed by atoms with Crippen LogP contribution >= 0.6 is 11.6 Å². The highest BCUT2D eigenvalue weighted by atomic mass is 35.5. The third-order valence-corrected chi connectivity index (χ3v) is 2.81. The van der Waals surface area contributed by atoms with E-state index >= 15 is 0 Å². The van der Waals surface area contributed by atoms with Crippen LogP contribution in [-0.2, 0) is 11.3 Å². The Kier molecular flexibility index (Phi) is 7.50. The van der Waals surface area contributed by atoms with Gasteiger partial charge in [-0.1, -0.05) is 18.2 Å². The molecular formula is C16H17ClN2O3. The van der Waals surface area contributed by atoms with Crippen LogP contribution in [0, 0.1) is 0 Å². The van der Waals surface area contributed by atoms with E-state index in [9.17, 15) is 4.79 Å². The fourth-order valence-electron chi connectivity index (χ4n) is 1.60. The zero-order valence-electron chi connectivity index (χ0n) is 12.1. The SMILES string of the molecule is C=C/N=C/C=C(\C=C\C(=O)O)NCc1cc(Cl)ccc1OC. The molecule has 0 atom stereocenters. The molecule has 0 amide bonds. The van der Waals surface area contributed by atoms with E-state index in [0.717, 1.165) is 11.6 Å². The van der Waals surface area contributed by atoms with Crippen molar-refractivity contribution in [2.24, 2.45) is 4.99 Å². The molecule has 22 heavy (non-hydrogen) atoms. The average molecular weight is 321 g/mol. The van der Waals surface area contributed by atoms with E-state index in [0.29, 0.717) is 23.0 Å². The van der Waals surface area contributed by atoms with E-state index in [1.807, 2.05) is 0 Å². The smallest absolute Gasteiger partial charge is 0.328 e. The summed E-state index contributed by atoms with van der Waals surface area (Å²) in [5, 5.41) is 12.4. The molecule has 1 aromatic rings. The predicted molar refractivity (Wildman–Crippen MR) is 88.4 cm³/mol. The minimum Gasteiger partial charge on any atom is -0.496 e. The second kappa shape index (κ2) is 9.41. The Labute approximate surface area is 134 Å². The lowest BCUT2D eigenvalue weighted by Gasteiger charge is -2.11. The molecular weight excluding hydrogens is 304 g/mol. The maximum Gasteiger partial charge on any atom is 0.328 e. The Morgan fingerprint density at radius 3 is 2.91 bits per heavy atom. The van der Waals surface area contributed by atoms with Gasteiger partial charge < -0.3 is 15.2 Å². The highest BCUT2D eigenvalue weighted by Crippen LogP contribution is 2.22. The first-order valence-electron chi connectivity index (χ1n) is 6.38. The third kappa shape index (κ3) is 6.28. The van der Waals surface area contributed by atoms with Crippen LogP contribution in [-0.4, -0.2) is 24.4 Å². The lowest BCUT2D eigenvalue weighted by molar-refractivity contribution is -0.131. The molecule has 0 aliphatic carbocycles. The number of ether oxygens (including phenoxy) is 1. The summed E-state index contributed by atoms with van der Waals surface area (Å²) in [6.07, 6.45) is 7.01. The number of hydrogen-bond acceptors (Lipinski definition) is 4. The lowest BCUT2D eigenvalue weighted by atomic mass is 10.2. The molecule has 1 aromatic carbocycles. The van der Waals surface area contributed by atoms with Gasteiger partial charge in [0.15, 0.2) is 0 Å². The number of benzene rings is 1. The third-order valence-electron chi connectivity index (χ3n) is 2.58.